The van der Waals surface area contributed by atoms with E-state index in [-0.39, 0.29) is 11.9 Å². The molecular weight excluding hydrogens is 403 g/mol. The molecule has 1 saturated heterocycles. The highest BCUT2D eigenvalue weighted by atomic mass is 19.4. The Morgan fingerprint density at radius 1 is 1.17 bits per heavy atom. The highest BCUT2D eigenvalue weighted by Gasteiger charge is 2.46. The monoisotopic (exact) mass is 425 g/mol. The van der Waals surface area contributed by atoms with E-state index in [2.05, 4.69) is 20.6 Å². The molecule has 2 aliphatic heterocycles. The molecule has 30 heavy (non-hydrogen) atoms. The van der Waals surface area contributed by atoms with E-state index in [9.17, 15) is 18.0 Å². The topological polar surface area (TPSA) is 78.9 Å². The van der Waals surface area contributed by atoms with Crippen molar-refractivity contribution in [3.05, 3.63) is 48.2 Å². The third-order valence-electron chi connectivity index (χ3n) is 5.71. The van der Waals surface area contributed by atoms with E-state index >= 15 is 0 Å². The molecule has 10 heteroatoms. The van der Waals surface area contributed by atoms with Crippen LogP contribution >= 0.6 is 0 Å². The van der Waals surface area contributed by atoms with E-state index in [1.165, 1.54) is 12.8 Å². The van der Waals surface area contributed by atoms with E-state index in [0.29, 0.717) is 6.04 Å². The molecule has 0 spiro atoms. The number of likely N-dealkylation sites (tertiary alicyclic amines) is 1. The number of halogens is 3. The minimum Gasteiger partial charge on any atom is -0.475 e. The van der Waals surface area contributed by atoms with Gasteiger partial charge in [0.25, 0.3) is 5.91 Å². The van der Waals surface area contributed by atoms with Crippen LogP contribution in [0, 0.1) is 5.92 Å². The molecule has 1 saturated carbocycles. The maximum Gasteiger partial charge on any atom is 0.490 e. The number of hydrogen-bond acceptors (Lipinski definition) is 4. The number of hydrogen-bond donors (Lipinski definition) is 1. The van der Waals surface area contributed by atoms with Crippen LogP contribution in [-0.2, 0) is 11.3 Å². The van der Waals surface area contributed by atoms with Crippen molar-refractivity contribution < 1.29 is 32.3 Å². The lowest BCUT2D eigenvalue weighted by Gasteiger charge is -2.38. The molecule has 162 valence electrons. The quantitative estimate of drug-likeness (QED) is 0.815. The van der Waals surface area contributed by atoms with Crippen LogP contribution < -0.4 is 0 Å². The molecule has 2 aromatic rings. The summed E-state index contributed by atoms with van der Waals surface area (Å²) in [5.74, 6) is -0.827. The Morgan fingerprint density at radius 3 is 2.47 bits per heavy atom. The molecule has 7 nitrogen and oxygen atoms in total. The first-order valence-corrected chi connectivity index (χ1v) is 9.76. The van der Waals surface area contributed by atoms with Gasteiger partial charge in [0.2, 0.25) is 0 Å². The standard InChI is InChI=1S/C18H21N3O2.C2HF3O2/c22-18-15-4-1-7-20(15)16-11-19(10-14-3-2-8-23-14)12-17(16)21(18)9-13-5-6-13;3-2(4,5)1(6)7/h1-4,7-8,13,16-17H,5-6,9-12H2;(H,6,7). The van der Waals surface area contributed by atoms with Crippen LogP contribution in [0.2, 0.25) is 0 Å². The fraction of sp³-hybridized carbons (Fsp3) is 0.500. The molecule has 2 unspecified atom stereocenters. The van der Waals surface area contributed by atoms with Crippen LogP contribution in [0.3, 0.4) is 0 Å². The number of carbonyl (C=O) groups is 2. The lowest BCUT2D eigenvalue weighted by Crippen LogP contribution is -2.51. The van der Waals surface area contributed by atoms with Gasteiger partial charge in [-0.3, -0.25) is 9.69 Å². The van der Waals surface area contributed by atoms with Gasteiger partial charge in [0.1, 0.15) is 11.5 Å². The second-order valence-corrected chi connectivity index (χ2v) is 7.91. The molecule has 3 aliphatic rings. The fourth-order valence-electron chi connectivity index (χ4n) is 4.14. The van der Waals surface area contributed by atoms with Crippen molar-refractivity contribution in [3.8, 4) is 0 Å². The number of nitrogens with zero attached hydrogens (tertiary/aromatic N) is 3. The minimum absolute atomic E-state index is 0.211. The Balaban J connectivity index is 0.000000272. The fourth-order valence-corrected chi connectivity index (χ4v) is 4.14. The smallest absolute Gasteiger partial charge is 0.475 e. The predicted molar refractivity (Wildman–Crippen MR) is 98.7 cm³/mol. The third-order valence-corrected chi connectivity index (χ3v) is 5.71. The molecule has 4 heterocycles. The molecule has 1 amide bonds. The first-order chi connectivity index (χ1) is 14.2. The number of carbonyl (C=O) groups excluding carboxylic acids is 1. The molecule has 1 N–H and O–H groups in total. The summed E-state index contributed by atoms with van der Waals surface area (Å²) in [7, 11) is 0. The number of amides is 1. The van der Waals surface area contributed by atoms with Crippen LogP contribution in [0.15, 0.2) is 41.1 Å². The predicted octanol–water partition coefficient (Wildman–Crippen LogP) is 3.01. The third kappa shape index (κ3) is 4.23. The summed E-state index contributed by atoms with van der Waals surface area (Å²) in [6, 6.07) is 8.58. The summed E-state index contributed by atoms with van der Waals surface area (Å²) >= 11 is 0. The van der Waals surface area contributed by atoms with Crippen LogP contribution in [0.4, 0.5) is 13.2 Å². The van der Waals surface area contributed by atoms with Gasteiger partial charge in [0.15, 0.2) is 0 Å². The van der Waals surface area contributed by atoms with Gasteiger partial charge in [-0.1, -0.05) is 0 Å². The largest absolute Gasteiger partial charge is 0.490 e. The van der Waals surface area contributed by atoms with Crippen molar-refractivity contribution in [2.75, 3.05) is 19.6 Å². The number of alkyl halides is 3. The number of aliphatic carboxylic acids is 1. The number of rotatable bonds is 4. The van der Waals surface area contributed by atoms with Crippen LogP contribution in [0.5, 0.6) is 0 Å². The normalized spacial score (nSPS) is 23.6. The van der Waals surface area contributed by atoms with Gasteiger partial charge in [-0.25, -0.2) is 4.79 Å². The molecule has 5 rings (SSSR count). The van der Waals surface area contributed by atoms with Crippen molar-refractivity contribution in [1.82, 2.24) is 14.4 Å². The van der Waals surface area contributed by atoms with E-state index in [1.54, 1.807) is 6.26 Å². The van der Waals surface area contributed by atoms with Gasteiger partial charge in [-0.05, 0) is 43.0 Å². The molecule has 2 atom stereocenters. The second-order valence-electron chi connectivity index (χ2n) is 7.91. The Labute approximate surface area is 170 Å². The summed E-state index contributed by atoms with van der Waals surface area (Å²) in [6.45, 7) is 3.66. The molecule has 2 aromatic heterocycles. The van der Waals surface area contributed by atoms with E-state index in [4.69, 9.17) is 14.3 Å². The van der Waals surface area contributed by atoms with Gasteiger partial charge in [0.05, 0.1) is 24.9 Å². The Hall–Kier alpha value is -2.75. The molecular formula is C20H22F3N3O4. The van der Waals surface area contributed by atoms with Crippen molar-refractivity contribution in [3.63, 3.8) is 0 Å². The SMILES string of the molecule is O=C(O)C(F)(F)F.O=C1c2cccn2C2CN(Cc3ccco3)CC2N1CC1CC1. The lowest BCUT2D eigenvalue weighted by molar-refractivity contribution is -0.192. The Morgan fingerprint density at radius 2 is 1.87 bits per heavy atom. The van der Waals surface area contributed by atoms with Crippen molar-refractivity contribution in [1.29, 1.82) is 0 Å². The number of carboxylic acids is 1. The van der Waals surface area contributed by atoms with Crippen molar-refractivity contribution in [2.45, 2.75) is 37.6 Å². The summed E-state index contributed by atoms with van der Waals surface area (Å²) in [4.78, 5) is 26.3. The first-order valence-electron chi connectivity index (χ1n) is 9.76. The minimum atomic E-state index is -5.08. The molecule has 0 aromatic carbocycles. The first kappa shape index (κ1) is 20.5. The number of fused-ring (bicyclic) bond motifs is 3. The zero-order chi connectivity index (χ0) is 21.5. The average Bonchev–Trinajstić information content (AvgIpc) is 3.07. The Bertz CT molecular complexity index is 905. The Kier molecular flexibility index (Phi) is 5.35. The second kappa shape index (κ2) is 7.82. The summed E-state index contributed by atoms with van der Waals surface area (Å²) in [6.07, 6.45) is 1.26. The number of aromatic nitrogens is 1. The maximum atomic E-state index is 12.9. The van der Waals surface area contributed by atoms with Crippen molar-refractivity contribution in [2.24, 2.45) is 5.92 Å². The van der Waals surface area contributed by atoms with Crippen LogP contribution in [0.25, 0.3) is 0 Å². The average molecular weight is 425 g/mol. The molecule has 2 fully saturated rings. The zero-order valence-electron chi connectivity index (χ0n) is 16.1. The summed E-state index contributed by atoms with van der Waals surface area (Å²) in [5, 5.41) is 7.12. The van der Waals surface area contributed by atoms with Crippen LogP contribution in [-0.4, -0.2) is 63.2 Å². The van der Waals surface area contributed by atoms with Gasteiger partial charge >= 0.3 is 12.1 Å². The van der Waals surface area contributed by atoms with Gasteiger partial charge in [-0.15, -0.1) is 0 Å². The highest BCUT2D eigenvalue weighted by molar-refractivity contribution is 5.94. The van der Waals surface area contributed by atoms with E-state index in [1.807, 2.05) is 24.3 Å². The summed E-state index contributed by atoms with van der Waals surface area (Å²) < 4.78 is 39.4. The van der Waals surface area contributed by atoms with Gasteiger partial charge < -0.3 is 19.0 Å². The maximum absolute atomic E-state index is 12.9. The lowest BCUT2D eigenvalue weighted by atomic mass is 10.1. The van der Waals surface area contributed by atoms with Gasteiger partial charge in [-0.2, -0.15) is 13.2 Å². The van der Waals surface area contributed by atoms with Gasteiger partial charge in [0, 0.05) is 25.8 Å². The number of carboxylic acid groups (broad SMARTS) is 1. The van der Waals surface area contributed by atoms with E-state index in [0.717, 1.165) is 43.6 Å². The summed E-state index contributed by atoms with van der Waals surface area (Å²) in [5.41, 5.74) is 0.853. The van der Waals surface area contributed by atoms with Crippen LogP contribution in [0.1, 0.15) is 35.1 Å². The number of furan rings is 1. The molecule has 1 aliphatic carbocycles. The van der Waals surface area contributed by atoms with Crippen molar-refractivity contribution >= 4 is 11.9 Å². The molecule has 0 bridgehead atoms. The van der Waals surface area contributed by atoms with E-state index < -0.39 is 12.1 Å². The zero-order valence-corrected chi connectivity index (χ0v) is 16.1. The highest BCUT2D eigenvalue weighted by Crippen LogP contribution is 2.38. The molecule has 0 radical (unpaired) electrons.